The second-order valence-electron chi connectivity index (χ2n) is 6.54. The van der Waals surface area contributed by atoms with Gasteiger partial charge in [0.2, 0.25) is 0 Å². The molecule has 0 unspecified atom stereocenters. The minimum atomic E-state index is -0.272. The second kappa shape index (κ2) is 9.14. The number of carbonyl (C=O) groups excluding carboxylic acids is 1. The first-order chi connectivity index (χ1) is 14.0. The lowest BCUT2D eigenvalue weighted by Gasteiger charge is -2.11. The Morgan fingerprint density at radius 1 is 1.03 bits per heavy atom. The van der Waals surface area contributed by atoms with Crippen LogP contribution in [0.2, 0.25) is 0 Å². The first kappa shape index (κ1) is 20.3. The Morgan fingerprint density at radius 3 is 2.48 bits per heavy atom. The maximum Gasteiger partial charge on any atom is 0.257 e. The molecule has 0 saturated heterocycles. The monoisotopic (exact) mass is 396 g/mol. The van der Waals surface area contributed by atoms with Crippen molar-refractivity contribution < 1.29 is 19.0 Å². The van der Waals surface area contributed by atoms with Crippen molar-refractivity contribution in [3.8, 4) is 17.2 Å². The third-order valence-electron chi connectivity index (χ3n) is 4.64. The zero-order chi connectivity index (χ0) is 20.8. The van der Waals surface area contributed by atoms with Crippen molar-refractivity contribution in [1.82, 2.24) is 10.3 Å². The highest BCUT2D eigenvalue weighted by molar-refractivity contribution is 5.87. The standard InChI is InChI=1S/C22H24N2O5/c1-14-8-9-19(28-3)21-16(14)12-15(22(26)24-21)10-11-23-20(25)13-29-18-7-5-4-6-17(18)27-2/h4-9,12H,10-11,13H2,1-3H3,(H,23,25)(H,24,26). The molecule has 0 aliphatic rings. The van der Waals surface area contributed by atoms with E-state index >= 15 is 0 Å². The van der Waals surface area contributed by atoms with Gasteiger partial charge in [-0.2, -0.15) is 0 Å². The van der Waals surface area contributed by atoms with E-state index in [4.69, 9.17) is 14.2 Å². The Morgan fingerprint density at radius 2 is 1.76 bits per heavy atom. The van der Waals surface area contributed by atoms with Gasteiger partial charge >= 0.3 is 0 Å². The van der Waals surface area contributed by atoms with Crippen LogP contribution >= 0.6 is 0 Å². The molecule has 29 heavy (non-hydrogen) atoms. The number of hydrogen-bond acceptors (Lipinski definition) is 5. The smallest absolute Gasteiger partial charge is 0.257 e. The number of hydrogen-bond donors (Lipinski definition) is 2. The van der Waals surface area contributed by atoms with Gasteiger partial charge in [-0.15, -0.1) is 0 Å². The molecule has 1 aromatic heterocycles. The topological polar surface area (TPSA) is 89.7 Å². The number of amides is 1. The minimum absolute atomic E-state index is 0.134. The summed E-state index contributed by atoms with van der Waals surface area (Å²) in [6.07, 6.45) is 0.405. The molecule has 2 aromatic carbocycles. The van der Waals surface area contributed by atoms with Gasteiger partial charge in [-0.05, 0) is 43.2 Å². The molecule has 0 aliphatic carbocycles. The molecule has 7 nitrogen and oxygen atoms in total. The number of fused-ring (bicyclic) bond motifs is 1. The third kappa shape index (κ3) is 4.68. The minimum Gasteiger partial charge on any atom is -0.495 e. The van der Waals surface area contributed by atoms with Crippen molar-refractivity contribution in [3.63, 3.8) is 0 Å². The number of aromatic nitrogens is 1. The predicted octanol–water partition coefficient (Wildman–Crippen LogP) is 2.59. The van der Waals surface area contributed by atoms with E-state index < -0.39 is 0 Å². The fraction of sp³-hybridized carbons (Fsp3) is 0.273. The van der Waals surface area contributed by atoms with Gasteiger partial charge in [-0.25, -0.2) is 0 Å². The highest BCUT2D eigenvalue weighted by Crippen LogP contribution is 2.26. The maximum absolute atomic E-state index is 12.4. The van der Waals surface area contributed by atoms with Crippen LogP contribution in [0, 0.1) is 6.92 Å². The number of pyridine rings is 1. The maximum atomic E-state index is 12.4. The van der Waals surface area contributed by atoms with E-state index in [-0.39, 0.29) is 18.1 Å². The van der Waals surface area contributed by atoms with Gasteiger partial charge in [0.1, 0.15) is 5.75 Å². The van der Waals surface area contributed by atoms with Gasteiger partial charge in [0.05, 0.1) is 19.7 Å². The second-order valence-corrected chi connectivity index (χ2v) is 6.54. The van der Waals surface area contributed by atoms with Gasteiger partial charge in [0, 0.05) is 17.5 Å². The number of ether oxygens (including phenoxy) is 3. The molecule has 2 N–H and O–H groups in total. The Balaban J connectivity index is 1.61. The molecular formula is C22H24N2O5. The highest BCUT2D eigenvalue weighted by Gasteiger charge is 2.10. The number of benzene rings is 2. The number of aromatic amines is 1. The highest BCUT2D eigenvalue weighted by atomic mass is 16.5. The van der Waals surface area contributed by atoms with Crippen LogP contribution in [0.1, 0.15) is 11.1 Å². The molecule has 0 fully saturated rings. The van der Waals surface area contributed by atoms with E-state index in [9.17, 15) is 9.59 Å². The lowest BCUT2D eigenvalue weighted by molar-refractivity contribution is -0.123. The summed E-state index contributed by atoms with van der Waals surface area (Å²) in [6.45, 7) is 2.16. The van der Waals surface area contributed by atoms with E-state index in [0.29, 0.717) is 41.3 Å². The number of aryl methyl sites for hydroxylation is 1. The fourth-order valence-corrected chi connectivity index (χ4v) is 3.08. The molecule has 0 saturated carbocycles. The van der Waals surface area contributed by atoms with Gasteiger partial charge in [-0.1, -0.05) is 18.2 Å². The number of methoxy groups -OCH3 is 2. The Labute approximate surface area is 168 Å². The summed E-state index contributed by atoms with van der Waals surface area (Å²) in [5.41, 5.74) is 2.11. The Kier molecular flexibility index (Phi) is 6.39. The zero-order valence-corrected chi connectivity index (χ0v) is 16.7. The van der Waals surface area contributed by atoms with Crippen LogP contribution in [0.5, 0.6) is 17.2 Å². The number of rotatable bonds is 8. The summed E-state index contributed by atoms with van der Waals surface area (Å²) >= 11 is 0. The average Bonchev–Trinajstić information content (AvgIpc) is 2.73. The predicted molar refractivity (Wildman–Crippen MR) is 111 cm³/mol. The van der Waals surface area contributed by atoms with Crippen molar-refractivity contribution in [2.45, 2.75) is 13.3 Å². The molecular weight excluding hydrogens is 372 g/mol. The Hall–Kier alpha value is -3.48. The van der Waals surface area contributed by atoms with Gasteiger partial charge in [0.15, 0.2) is 18.1 Å². The summed E-state index contributed by atoms with van der Waals surface area (Å²) in [5, 5.41) is 3.69. The van der Waals surface area contributed by atoms with Crippen LogP contribution in [-0.4, -0.2) is 38.3 Å². The molecule has 0 bridgehead atoms. The molecule has 1 heterocycles. The number of H-pyrrole nitrogens is 1. The molecule has 3 aromatic rings. The zero-order valence-electron chi connectivity index (χ0n) is 16.7. The van der Waals surface area contributed by atoms with E-state index in [1.807, 2.05) is 31.2 Å². The van der Waals surface area contributed by atoms with Crippen LogP contribution in [0.25, 0.3) is 10.9 Å². The Bertz CT molecular complexity index is 1070. The summed E-state index contributed by atoms with van der Waals surface area (Å²) in [7, 11) is 3.11. The van der Waals surface area contributed by atoms with Gasteiger partial charge < -0.3 is 24.5 Å². The SMILES string of the molecule is COc1ccccc1OCC(=O)NCCc1cc2c(C)ccc(OC)c2[nH]c1=O. The quantitative estimate of drug-likeness (QED) is 0.611. The van der Waals surface area contributed by atoms with Gasteiger partial charge in [-0.3, -0.25) is 9.59 Å². The molecule has 7 heteroatoms. The molecule has 0 spiro atoms. The van der Waals surface area contributed by atoms with E-state index in [0.717, 1.165) is 10.9 Å². The van der Waals surface area contributed by atoms with Crippen molar-refractivity contribution in [3.05, 3.63) is 63.9 Å². The summed E-state index contributed by atoms with van der Waals surface area (Å²) in [6, 6.07) is 12.7. The molecule has 152 valence electrons. The number of carbonyl (C=O) groups is 1. The van der Waals surface area contributed by atoms with E-state index in [1.165, 1.54) is 0 Å². The number of para-hydroxylation sites is 2. The van der Waals surface area contributed by atoms with Crippen LogP contribution < -0.4 is 25.1 Å². The molecule has 0 radical (unpaired) electrons. The van der Waals surface area contributed by atoms with E-state index in [1.54, 1.807) is 32.4 Å². The number of nitrogens with one attached hydrogen (secondary N) is 2. The molecule has 0 atom stereocenters. The first-order valence-electron chi connectivity index (χ1n) is 9.25. The average molecular weight is 396 g/mol. The van der Waals surface area contributed by atoms with Gasteiger partial charge in [0.25, 0.3) is 11.5 Å². The van der Waals surface area contributed by atoms with Crippen molar-refractivity contribution >= 4 is 16.8 Å². The summed E-state index contributed by atoms with van der Waals surface area (Å²) in [4.78, 5) is 27.4. The molecule has 3 rings (SSSR count). The summed E-state index contributed by atoms with van der Waals surface area (Å²) < 4.78 is 16.0. The van der Waals surface area contributed by atoms with Crippen molar-refractivity contribution in [2.75, 3.05) is 27.4 Å². The molecule has 0 aliphatic heterocycles. The van der Waals surface area contributed by atoms with Crippen LogP contribution in [0.3, 0.4) is 0 Å². The van der Waals surface area contributed by atoms with E-state index in [2.05, 4.69) is 10.3 Å². The van der Waals surface area contributed by atoms with Crippen LogP contribution in [-0.2, 0) is 11.2 Å². The van der Waals surface area contributed by atoms with Crippen LogP contribution in [0.15, 0.2) is 47.3 Å². The third-order valence-corrected chi connectivity index (χ3v) is 4.64. The normalized spacial score (nSPS) is 10.6. The summed E-state index contributed by atoms with van der Waals surface area (Å²) in [5.74, 6) is 1.41. The van der Waals surface area contributed by atoms with Crippen molar-refractivity contribution in [2.24, 2.45) is 0 Å². The fourth-order valence-electron chi connectivity index (χ4n) is 3.08. The molecule has 1 amide bonds. The van der Waals surface area contributed by atoms with Crippen molar-refractivity contribution in [1.29, 1.82) is 0 Å². The van der Waals surface area contributed by atoms with Crippen LogP contribution in [0.4, 0.5) is 0 Å². The first-order valence-corrected chi connectivity index (χ1v) is 9.25. The largest absolute Gasteiger partial charge is 0.495 e. The lowest BCUT2D eigenvalue weighted by Crippen LogP contribution is -2.31. The lowest BCUT2D eigenvalue weighted by atomic mass is 10.1.